The Labute approximate surface area is 138 Å². The molecule has 1 N–H and O–H groups in total. The van der Waals surface area contributed by atoms with Crippen LogP contribution in [0.15, 0.2) is 53.3 Å². The molecule has 0 atom stereocenters. The number of aromatic nitrogens is 3. The van der Waals surface area contributed by atoms with Crippen molar-refractivity contribution in [3.05, 3.63) is 64.6 Å². The maximum Gasteiger partial charge on any atom is 0.348 e. The van der Waals surface area contributed by atoms with E-state index in [1.165, 1.54) is 0 Å². The standard InChI is InChI=1S/C19H17N3O2/c1-3-12-10-13(8-9-17(12)24-2)15-11-18-20-21-19(23)22(18)16-7-5-4-6-14(15)16/h4-11H,3H2,1-2H3,(H,21,23). The Morgan fingerprint density at radius 1 is 1.17 bits per heavy atom. The van der Waals surface area contributed by atoms with Gasteiger partial charge in [-0.25, -0.2) is 14.3 Å². The van der Waals surface area contributed by atoms with Gasteiger partial charge in [0, 0.05) is 5.39 Å². The smallest absolute Gasteiger partial charge is 0.348 e. The number of ether oxygens (including phenoxy) is 1. The number of hydrogen-bond donors (Lipinski definition) is 1. The average molecular weight is 319 g/mol. The van der Waals surface area contributed by atoms with Gasteiger partial charge in [0.2, 0.25) is 0 Å². The van der Waals surface area contributed by atoms with Gasteiger partial charge in [0.05, 0.1) is 12.6 Å². The molecule has 0 saturated carbocycles. The molecule has 0 aliphatic heterocycles. The van der Waals surface area contributed by atoms with Crippen molar-refractivity contribution in [3.63, 3.8) is 0 Å². The summed E-state index contributed by atoms with van der Waals surface area (Å²) in [7, 11) is 1.69. The van der Waals surface area contributed by atoms with Crippen molar-refractivity contribution in [2.45, 2.75) is 13.3 Å². The van der Waals surface area contributed by atoms with Gasteiger partial charge in [-0.2, -0.15) is 5.10 Å². The zero-order chi connectivity index (χ0) is 16.7. The van der Waals surface area contributed by atoms with Crippen molar-refractivity contribution in [2.75, 3.05) is 7.11 Å². The van der Waals surface area contributed by atoms with Gasteiger partial charge in [-0.15, -0.1) is 0 Å². The maximum atomic E-state index is 12.1. The normalized spacial score (nSPS) is 11.2. The minimum atomic E-state index is -0.225. The third kappa shape index (κ3) is 2.09. The minimum absolute atomic E-state index is 0.225. The Bertz CT molecular complexity index is 1110. The van der Waals surface area contributed by atoms with E-state index in [-0.39, 0.29) is 5.69 Å². The fraction of sp³-hybridized carbons (Fsp3) is 0.158. The highest BCUT2D eigenvalue weighted by atomic mass is 16.5. The van der Waals surface area contributed by atoms with Gasteiger partial charge in [-0.1, -0.05) is 31.2 Å². The molecule has 5 nitrogen and oxygen atoms in total. The molecule has 0 bridgehead atoms. The number of fused-ring (bicyclic) bond motifs is 3. The van der Waals surface area contributed by atoms with Crippen LogP contribution >= 0.6 is 0 Å². The molecule has 4 aromatic rings. The van der Waals surface area contributed by atoms with Crippen LogP contribution < -0.4 is 10.4 Å². The lowest BCUT2D eigenvalue weighted by molar-refractivity contribution is 0.410. The second-order valence-corrected chi connectivity index (χ2v) is 5.68. The Morgan fingerprint density at radius 3 is 2.79 bits per heavy atom. The van der Waals surface area contributed by atoms with Crippen LogP contribution in [0.4, 0.5) is 0 Å². The number of aromatic amines is 1. The van der Waals surface area contributed by atoms with Crippen molar-refractivity contribution < 1.29 is 4.74 Å². The molecule has 2 aromatic heterocycles. The van der Waals surface area contributed by atoms with Gasteiger partial charge in [0.25, 0.3) is 0 Å². The van der Waals surface area contributed by atoms with E-state index in [0.717, 1.165) is 39.8 Å². The van der Waals surface area contributed by atoms with E-state index in [9.17, 15) is 4.79 Å². The van der Waals surface area contributed by atoms with Crippen LogP contribution in [-0.2, 0) is 6.42 Å². The predicted octanol–water partition coefficient (Wildman–Crippen LogP) is 3.41. The van der Waals surface area contributed by atoms with Crippen LogP contribution in [0, 0.1) is 0 Å². The van der Waals surface area contributed by atoms with E-state index < -0.39 is 0 Å². The molecule has 5 heteroatoms. The predicted molar refractivity (Wildman–Crippen MR) is 94.7 cm³/mol. The monoisotopic (exact) mass is 319 g/mol. The molecule has 2 aromatic carbocycles. The van der Waals surface area contributed by atoms with Crippen molar-refractivity contribution in [3.8, 4) is 16.9 Å². The highest BCUT2D eigenvalue weighted by molar-refractivity contribution is 5.97. The molecule has 2 heterocycles. The van der Waals surface area contributed by atoms with Crippen LogP contribution in [0.25, 0.3) is 27.7 Å². The zero-order valence-electron chi connectivity index (χ0n) is 13.5. The Balaban J connectivity index is 2.07. The Hall–Kier alpha value is -3.08. The molecule has 120 valence electrons. The number of aryl methyl sites for hydroxylation is 1. The summed E-state index contributed by atoms with van der Waals surface area (Å²) >= 11 is 0. The highest BCUT2D eigenvalue weighted by Gasteiger charge is 2.12. The summed E-state index contributed by atoms with van der Waals surface area (Å²) in [5.41, 5.74) is 4.52. The first-order chi connectivity index (χ1) is 11.7. The van der Waals surface area contributed by atoms with E-state index in [0.29, 0.717) is 5.65 Å². The van der Waals surface area contributed by atoms with Crippen molar-refractivity contribution in [1.82, 2.24) is 14.6 Å². The van der Waals surface area contributed by atoms with Gasteiger partial charge in [0.15, 0.2) is 5.65 Å². The molecular formula is C19H17N3O2. The van der Waals surface area contributed by atoms with Crippen LogP contribution in [0.2, 0.25) is 0 Å². The molecule has 24 heavy (non-hydrogen) atoms. The number of hydrogen-bond acceptors (Lipinski definition) is 3. The number of H-pyrrole nitrogens is 1. The summed E-state index contributed by atoms with van der Waals surface area (Å²) in [6.45, 7) is 2.11. The van der Waals surface area contributed by atoms with E-state index >= 15 is 0 Å². The number of para-hydroxylation sites is 1. The first-order valence-electron chi connectivity index (χ1n) is 7.89. The first kappa shape index (κ1) is 14.5. The van der Waals surface area contributed by atoms with E-state index in [1.807, 2.05) is 42.5 Å². The third-order valence-corrected chi connectivity index (χ3v) is 4.38. The maximum absolute atomic E-state index is 12.1. The fourth-order valence-corrected chi connectivity index (χ4v) is 3.20. The van der Waals surface area contributed by atoms with Gasteiger partial charge < -0.3 is 4.74 Å². The highest BCUT2D eigenvalue weighted by Crippen LogP contribution is 2.32. The molecular weight excluding hydrogens is 302 g/mol. The van der Waals surface area contributed by atoms with Gasteiger partial charge >= 0.3 is 5.69 Å². The molecule has 0 fully saturated rings. The number of nitrogens with zero attached hydrogens (tertiary/aromatic N) is 2. The number of rotatable bonds is 3. The summed E-state index contributed by atoms with van der Waals surface area (Å²) in [6, 6.07) is 16.0. The van der Waals surface area contributed by atoms with E-state index in [1.54, 1.807) is 11.5 Å². The Morgan fingerprint density at radius 2 is 2.00 bits per heavy atom. The largest absolute Gasteiger partial charge is 0.496 e. The van der Waals surface area contributed by atoms with Crippen LogP contribution in [0.1, 0.15) is 12.5 Å². The van der Waals surface area contributed by atoms with Gasteiger partial charge in [-0.05, 0) is 47.4 Å². The topological polar surface area (TPSA) is 59.4 Å². The summed E-state index contributed by atoms with van der Waals surface area (Å²) in [6.07, 6.45) is 0.888. The summed E-state index contributed by atoms with van der Waals surface area (Å²) < 4.78 is 7.03. The van der Waals surface area contributed by atoms with E-state index in [2.05, 4.69) is 23.2 Å². The second-order valence-electron chi connectivity index (χ2n) is 5.68. The van der Waals surface area contributed by atoms with Crippen LogP contribution in [0.5, 0.6) is 5.75 Å². The minimum Gasteiger partial charge on any atom is -0.496 e. The molecule has 0 unspecified atom stereocenters. The fourth-order valence-electron chi connectivity index (χ4n) is 3.20. The number of methoxy groups -OCH3 is 1. The molecule has 0 spiro atoms. The summed E-state index contributed by atoms with van der Waals surface area (Å²) in [5, 5.41) is 7.67. The number of benzene rings is 2. The van der Waals surface area contributed by atoms with E-state index in [4.69, 9.17) is 4.74 Å². The van der Waals surface area contributed by atoms with Crippen molar-refractivity contribution in [2.24, 2.45) is 0 Å². The lowest BCUT2D eigenvalue weighted by Crippen LogP contribution is -2.10. The third-order valence-electron chi connectivity index (χ3n) is 4.38. The van der Waals surface area contributed by atoms with Gasteiger partial charge in [-0.3, -0.25) is 0 Å². The zero-order valence-corrected chi connectivity index (χ0v) is 13.5. The lowest BCUT2D eigenvalue weighted by Gasteiger charge is -2.12. The first-order valence-corrected chi connectivity index (χ1v) is 7.89. The van der Waals surface area contributed by atoms with Gasteiger partial charge in [0.1, 0.15) is 5.75 Å². The van der Waals surface area contributed by atoms with Crippen LogP contribution in [-0.4, -0.2) is 21.7 Å². The average Bonchev–Trinajstić information content (AvgIpc) is 3.01. The lowest BCUT2D eigenvalue weighted by atomic mass is 9.98. The van der Waals surface area contributed by atoms with Crippen molar-refractivity contribution in [1.29, 1.82) is 0 Å². The SMILES string of the molecule is CCc1cc(-c2cc3n[nH]c(=O)n3c3ccccc23)ccc1OC. The number of pyridine rings is 1. The second kappa shape index (κ2) is 5.53. The molecule has 0 saturated heterocycles. The molecule has 4 rings (SSSR count). The number of nitrogens with one attached hydrogen (secondary N) is 1. The quantitative estimate of drug-likeness (QED) is 0.629. The molecule has 0 aliphatic carbocycles. The molecule has 0 radical (unpaired) electrons. The Kier molecular flexibility index (Phi) is 3.34. The molecule has 0 aliphatic rings. The molecule has 0 amide bonds. The summed E-state index contributed by atoms with van der Waals surface area (Å²) in [5.74, 6) is 0.891. The summed E-state index contributed by atoms with van der Waals surface area (Å²) in [4.78, 5) is 12.1. The van der Waals surface area contributed by atoms with Crippen molar-refractivity contribution >= 4 is 16.6 Å². The van der Waals surface area contributed by atoms with Crippen LogP contribution in [0.3, 0.4) is 0 Å².